The van der Waals surface area contributed by atoms with Gasteiger partial charge in [0.1, 0.15) is 5.75 Å². The molecule has 0 spiro atoms. The summed E-state index contributed by atoms with van der Waals surface area (Å²) in [6, 6.07) is 5.14. The van der Waals surface area contributed by atoms with Crippen LogP contribution in [-0.4, -0.2) is 11.0 Å². The van der Waals surface area contributed by atoms with E-state index in [1.54, 1.807) is 25.1 Å². The molecule has 0 fully saturated rings. The Hall–Kier alpha value is -1.51. The number of hydrogen-bond acceptors (Lipinski definition) is 2. The third-order valence-corrected chi connectivity index (χ3v) is 3.55. The Balaban J connectivity index is 2.69. The van der Waals surface area contributed by atoms with Crippen molar-refractivity contribution >= 4 is 11.6 Å². The second-order valence-corrected chi connectivity index (χ2v) is 5.97. The summed E-state index contributed by atoms with van der Waals surface area (Å²) in [5, 5.41) is 12.4. The van der Waals surface area contributed by atoms with Crippen LogP contribution in [0.3, 0.4) is 0 Å². The van der Waals surface area contributed by atoms with E-state index in [1.807, 2.05) is 0 Å². The van der Waals surface area contributed by atoms with E-state index in [4.69, 9.17) is 0 Å². The molecule has 1 unspecified atom stereocenters. The molecular weight excluding hydrogens is 226 g/mol. The Morgan fingerprint density at radius 1 is 1.39 bits per heavy atom. The fraction of sp³-hybridized carbons (Fsp3) is 0.533. The molecule has 0 bridgehead atoms. The standard InChI is InChI=1S/C15H23NO2/c1-10(15(3,4)5)9-14(18)16-12-7-6-8-13(17)11(12)2/h6-8,10,17H,9H2,1-5H3,(H,16,18). The van der Waals surface area contributed by atoms with E-state index in [2.05, 4.69) is 33.0 Å². The van der Waals surface area contributed by atoms with Crippen LogP contribution in [0.4, 0.5) is 5.69 Å². The maximum absolute atomic E-state index is 11.9. The van der Waals surface area contributed by atoms with Crippen molar-refractivity contribution in [1.29, 1.82) is 0 Å². The van der Waals surface area contributed by atoms with E-state index in [1.165, 1.54) is 0 Å². The molecule has 1 atom stereocenters. The van der Waals surface area contributed by atoms with Crippen LogP contribution in [0.25, 0.3) is 0 Å². The summed E-state index contributed by atoms with van der Waals surface area (Å²) in [6.45, 7) is 10.3. The monoisotopic (exact) mass is 249 g/mol. The summed E-state index contributed by atoms with van der Waals surface area (Å²) < 4.78 is 0. The summed E-state index contributed by atoms with van der Waals surface area (Å²) in [6.07, 6.45) is 0.485. The normalized spacial score (nSPS) is 13.2. The highest BCUT2D eigenvalue weighted by Gasteiger charge is 2.22. The quantitative estimate of drug-likeness (QED) is 0.858. The first-order valence-corrected chi connectivity index (χ1v) is 6.30. The fourth-order valence-electron chi connectivity index (χ4n) is 1.54. The molecule has 3 nitrogen and oxygen atoms in total. The third kappa shape index (κ3) is 3.76. The molecule has 0 aromatic heterocycles. The highest BCUT2D eigenvalue weighted by atomic mass is 16.3. The first kappa shape index (κ1) is 14.6. The maximum atomic E-state index is 11.9. The molecule has 2 N–H and O–H groups in total. The molecule has 1 amide bonds. The van der Waals surface area contributed by atoms with E-state index in [0.717, 1.165) is 0 Å². The number of benzene rings is 1. The molecule has 0 saturated carbocycles. The van der Waals surface area contributed by atoms with Crippen molar-refractivity contribution in [3.63, 3.8) is 0 Å². The first-order valence-electron chi connectivity index (χ1n) is 6.30. The number of carbonyl (C=O) groups excluding carboxylic acids is 1. The van der Waals surface area contributed by atoms with Crippen molar-refractivity contribution in [2.24, 2.45) is 11.3 Å². The zero-order chi connectivity index (χ0) is 13.9. The minimum atomic E-state index is -0.00822. The number of phenols is 1. The smallest absolute Gasteiger partial charge is 0.224 e. The lowest BCUT2D eigenvalue weighted by Crippen LogP contribution is -2.24. The Kier molecular flexibility index (Phi) is 4.38. The lowest BCUT2D eigenvalue weighted by atomic mass is 9.80. The van der Waals surface area contributed by atoms with Crippen LogP contribution in [-0.2, 0) is 4.79 Å². The predicted molar refractivity (Wildman–Crippen MR) is 74.7 cm³/mol. The molecule has 18 heavy (non-hydrogen) atoms. The van der Waals surface area contributed by atoms with E-state index in [9.17, 15) is 9.90 Å². The van der Waals surface area contributed by atoms with Crippen LogP contribution in [0.2, 0.25) is 0 Å². The van der Waals surface area contributed by atoms with Gasteiger partial charge in [0.05, 0.1) is 0 Å². The van der Waals surface area contributed by atoms with Crippen LogP contribution in [0.15, 0.2) is 18.2 Å². The summed E-state index contributed by atoms with van der Waals surface area (Å²) in [5.74, 6) is 0.498. The van der Waals surface area contributed by atoms with Gasteiger partial charge in [-0.05, 0) is 30.4 Å². The molecule has 3 heteroatoms. The Bertz CT molecular complexity index is 433. The SMILES string of the molecule is Cc1c(O)cccc1NC(=O)CC(C)C(C)(C)C. The van der Waals surface area contributed by atoms with Crippen LogP contribution in [0.1, 0.15) is 39.7 Å². The molecule has 0 heterocycles. The van der Waals surface area contributed by atoms with Crippen LogP contribution < -0.4 is 5.32 Å². The predicted octanol–water partition coefficient (Wildman–Crippen LogP) is 3.71. The van der Waals surface area contributed by atoms with Gasteiger partial charge in [0, 0.05) is 17.7 Å². The molecule has 1 aromatic carbocycles. The number of nitrogens with one attached hydrogen (secondary N) is 1. The van der Waals surface area contributed by atoms with Crippen molar-refractivity contribution in [2.45, 2.75) is 41.0 Å². The molecule has 0 aliphatic heterocycles. The molecule has 0 aliphatic rings. The van der Waals surface area contributed by atoms with Crippen LogP contribution in [0, 0.1) is 18.3 Å². The molecule has 0 saturated heterocycles. The summed E-state index contributed by atoms with van der Waals surface area (Å²) in [7, 11) is 0. The number of phenolic OH excluding ortho intramolecular Hbond substituents is 1. The van der Waals surface area contributed by atoms with Gasteiger partial charge < -0.3 is 10.4 Å². The van der Waals surface area contributed by atoms with E-state index in [-0.39, 0.29) is 17.1 Å². The van der Waals surface area contributed by atoms with E-state index in [0.29, 0.717) is 23.6 Å². The van der Waals surface area contributed by atoms with Crippen molar-refractivity contribution in [3.8, 4) is 5.75 Å². The Morgan fingerprint density at radius 3 is 2.56 bits per heavy atom. The highest BCUT2D eigenvalue weighted by molar-refractivity contribution is 5.92. The second-order valence-electron chi connectivity index (χ2n) is 5.97. The largest absolute Gasteiger partial charge is 0.508 e. The van der Waals surface area contributed by atoms with Gasteiger partial charge in [0.15, 0.2) is 0 Å². The van der Waals surface area contributed by atoms with E-state index >= 15 is 0 Å². The molecule has 0 radical (unpaired) electrons. The second kappa shape index (κ2) is 5.42. The van der Waals surface area contributed by atoms with Crippen LogP contribution in [0.5, 0.6) is 5.75 Å². The number of rotatable bonds is 3. The van der Waals surface area contributed by atoms with Gasteiger partial charge in [0.2, 0.25) is 5.91 Å². The summed E-state index contributed by atoms with van der Waals surface area (Å²) >= 11 is 0. The zero-order valence-electron chi connectivity index (χ0n) is 11.9. The molecule has 1 rings (SSSR count). The van der Waals surface area contributed by atoms with Crippen molar-refractivity contribution < 1.29 is 9.90 Å². The summed E-state index contributed by atoms with van der Waals surface area (Å²) in [5.41, 5.74) is 1.50. The van der Waals surface area contributed by atoms with Gasteiger partial charge in [-0.1, -0.05) is 33.8 Å². The molecular formula is C15H23NO2. The van der Waals surface area contributed by atoms with Crippen molar-refractivity contribution in [1.82, 2.24) is 0 Å². The van der Waals surface area contributed by atoms with Gasteiger partial charge in [0.25, 0.3) is 0 Å². The minimum Gasteiger partial charge on any atom is -0.508 e. The molecule has 100 valence electrons. The lowest BCUT2D eigenvalue weighted by Gasteiger charge is -2.26. The first-order chi connectivity index (χ1) is 8.21. The third-order valence-electron chi connectivity index (χ3n) is 3.55. The Morgan fingerprint density at radius 2 is 2.00 bits per heavy atom. The topological polar surface area (TPSA) is 49.3 Å². The van der Waals surface area contributed by atoms with Gasteiger partial charge in [-0.25, -0.2) is 0 Å². The summed E-state index contributed by atoms with van der Waals surface area (Å²) in [4.78, 5) is 11.9. The van der Waals surface area contributed by atoms with Gasteiger partial charge in [-0.3, -0.25) is 4.79 Å². The molecule has 1 aromatic rings. The van der Waals surface area contributed by atoms with Crippen molar-refractivity contribution in [3.05, 3.63) is 23.8 Å². The lowest BCUT2D eigenvalue weighted by molar-refractivity contribution is -0.117. The maximum Gasteiger partial charge on any atom is 0.224 e. The van der Waals surface area contributed by atoms with Gasteiger partial charge >= 0.3 is 0 Å². The zero-order valence-corrected chi connectivity index (χ0v) is 11.9. The fourth-order valence-corrected chi connectivity index (χ4v) is 1.54. The highest BCUT2D eigenvalue weighted by Crippen LogP contribution is 2.29. The average Bonchev–Trinajstić information content (AvgIpc) is 2.23. The minimum absolute atomic E-state index is 0.00822. The Labute approximate surface area is 109 Å². The average molecular weight is 249 g/mol. The van der Waals surface area contributed by atoms with Crippen LogP contribution >= 0.6 is 0 Å². The number of carbonyl (C=O) groups is 1. The number of anilines is 1. The van der Waals surface area contributed by atoms with E-state index < -0.39 is 0 Å². The number of amides is 1. The van der Waals surface area contributed by atoms with Gasteiger partial charge in [-0.15, -0.1) is 0 Å². The van der Waals surface area contributed by atoms with Gasteiger partial charge in [-0.2, -0.15) is 0 Å². The number of hydrogen-bond donors (Lipinski definition) is 2. The number of aromatic hydroxyl groups is 1. The van der Waals surface area contributed by atoms with Crippen molar-refractivity contribution in [2.75, 3.05) is 5.32 Å². The molecule has 0 aliphatic carbocycles.